The van der Waals surface area contributed by atoms with Crippen LogP contribution in [-0.4, -0.2) is 39.5 Å². The first-order chi connectivity index (χ1) is 10.7. The number of amides is 1. The van der Waals surface area contributed by atoms with E-state index in [-0.39, 0.29) is 11.9 Å². The molecule has 0 atom stereocenters. The number of benzene rings is 1. The molecule has 2 aromatic rings. The average molecular weight is 316 g/mol. The molecule has 116 valence electrons. The van der Waals surface area contributed by atoms with Crippen molar-refractivity contribution < 1.29 is 4.79 Å². The van der Waals surface area contributed by atoms with Crippen molar-refractivity contribution in [2.24, 2.45) is 0 Å². The van der Waals surface area contributed by atoms with E-state index in [9.17, 15) is 4.79 Å². The summed E-state index contributed by atoms with van der Waals surface area (Å²) in [6.45, 7) is 4.83. The molecule has 1 saturated heterocycles. The highest BCUT2D eigenvalue weighted by Gasteiger charge is 2.22. The summed E-state index contributed by atoms with van der Waals surface area (Å²) in [5, 5.41) is 7.00. The second kappa shape index (κ2) is 6.98. The van der Waals surface area contributed by atoms with Crippen molar-refractivity contribution in [2.75, 3.05) is 13.1 Å². The van der Waals surface area contributed by atoms with Crippen molar-refractivity contribution in [3.63, 3.8) is 0 Å². The van der Waals surface area contributed by atoms with Gasteiger partial charge in [-0.1, -0.05) is 34.8 Å². The molecule has 22 heavy (non-hydrogen) atoms. The lowest BCUT2D eigenvalue weighted by Crippen LogP contribution is -2.44. The summed E-state index contributed by atoms with van der Waals surface area (Å²) >= 11 is 1.16. The number of aryl methyl sites for hydroxylation is 1. The zero-order valence-corrected chi connectivity index (χ0v) is 13.5. The SMILES string of the molecule is Cc1nnsc1C(=O)NC1CCN(Cc2ccccc2)CC1. The van der Waals surface area contributed by atoms with E-state index in [2.05, 4.69) is 44.1 Å². The van der Waals surface area contributed by atoms with Crippen molar-refractivity contribution in [3.8, 4) is 0 Å². The van der Waals surface area contributed by atoms with Gasteiger partial charge in [0.05, 0.1) is 5.69 Å². The van der Waals surface area contributed by atoms with Crippen LogP contribution in [0.4, 0.5) is 0 Å². The van der Waals surface area contributed by atoms with Crippen molar-refractivity contribution in [3.05, 3.63) is 46.5 Å². The monoisotopic (exact) mass is 316 g/mol. The van der Waals surface area contributed by atoms with Gasteiger partial charge in [0.25, 0.3) is 5.91 Å². The minimum atomic E-state index is -0.0333. The van der Waals surface area contributed by atoms with Gasteiger partial charge in [-0.15, -0.1) is 5.10 Å². The van der Waals surface area contributed by atoms with Gasteiger partial charge in [0.2, 0.25) is 0 Å². The molecule has 0 spiro atoms. The van der Waals surface area contributed by atoms with Crippen molar-refractivity contribution in [2.45, 2.75) is 32.4 Å². The number of likely N-dealkylation sites (tertiary alicyclic amines) is 1. The summed E-state index contributed by atoms with van der Waals surface area (Å²) in [6.07, 6.45) is 1.98. The molecular weight excluding hydrogens is 296 g/mol. The Kier molecular flexibility index (Phi) is 4.80. The van der Waals surface area contributed by atoms with E-state index < -0.39 is 0 Å². The molecule has 3 rings (SSSR count). The van der Waals surface area contributed by atoms with E-state index in [0.717, 1.165) is 44.0 Å². The smallest absolute Gasteiger partial charge is 0.265 e. The summed E-state index contributed by atoms with van der Waals surface area (Å²) in [4.78, 5) is 15.2. The number of nitrogens with zero attached hydrogens (tertiary/aromatic N) is 3. The summed E-state index contributed by atoms with van der Waals surface area (Å²) in [7, 11) is 0. The van der Waals surface area contributed by atoms with Gasteiger partial charge in [0, 0.05) is 25.7 Å². The van der Waals surface area contributed by atoms with Crippen LogP contribution < -0.4 is 5.32 Å². The Bertz CT molecular complexity index is 620. The third-order valence-corrected chi connectivity index (χ3v) is 4.86. The van der Waals surface area contributed by atoms with Crippen LogP contribution in [-0.2, 0) is 6.54 Å². The fourth-order valence-corrected chi connectivity index (χ4v) is 3.33. The molecule has 5 nitrogen and oxygen atoms in total. The Hall–Kier alpha value is -1.79. The topological polar surface area (TPSA) is 58.1 Å². The molecular formula is C16H20N4OS. The van der Waals surface area contributed by atoms with Gasteiger partial charge in [0.15, 0.2) is 0 Å². The van der Waals surface area contributed by atoms with Gasteiger partial charge < -0.3 is 5.32 Å². The predicted molar refractivity (Wildman–Crippen MR) is 86.9 cm³/mol. The molecule has 0 unspecified atom stereocenters. The number of piperidine rings is 1. The van der Waals surface area contributed by atoms with E-state index in [1.54, 1.807) is 0 Å². The molecule has 1 aromatic heterocycles. The van der Waals surface area contributed by atoms with Crippen LogP contribution in [0.1, 0.15) is 33.8 Å². The quantitative estimate of drug-likeness (QED) is 0.940. The van der Waals surface area contributed by atoms with E-state index in [1.165, 1.54) is 5.56 Å². The fraction of sp³-hybridized carbons (Fsp3) is 0.438. The maximum absolute atomic E-state index is 12.2. The molecule has 0 saturated carbocycles. The van der Waals surface area contributed by atoms with Crippen LogP contribution in [0, 0.1) is 6.92 Å². The lowest BCUT2D eigenvalue weighted by molar-refractivity contribution is 0.0912. The highest BCUT2D eigenvalue weighted by molar-refractivity contribution is 7.08. The number of hydrogen-bond acceptors (Lipinski definition) is 5. The second-order valence-corrected chi connectivity index (χ2v) is 6.45. The summed E-state index contributed by atoms with van der Waals surface area (Å²) in [5.74, 6) is -0.0333. The maximum atomic E-state index is 12.2. The van der Waals surface area contributed by atoms with E-state index in [0.29, 0.717) is 10.6 Å². The molecule has 1 aliphatic heterocycles. The fourth-order valence-electron chi connectivity index (χ4n) is 2.77. The van der Waals surface area contributed by atoms with E-state index in [4.69, 9.17) is 0 Å². The van der Waals surface area contributed by atoms with Gasteiger partial charge in [-0.2, -0.15) is 0 Å². The normalized spacial score (nSPS) is 16.6. The molecule has 0 aliphatic carbocycles. The number of carbonyl (C=O) groups excluding carboxylic acids is 1. The Morgan fingerprint density at radius 1 is 1.32 bits per heavy atom. The van der Waals surface area contributed by atoms with E-state index >= 15 is 0 Å². The Morgan fingerprint density at radius 2 is 2.05 bits per heavy atom. The minimum absolute atomic E-state index is 0.0333. The summed E-state index contributed by atoms with van der Waals surface area (Å²) in [6, 6.07) is 10.8. The van der Waals surface area contributed by atoms with E-state index in [1.807, 2.05) is 13.0 Å². The van der Waals surface area contributed by atoms with Crippen molar-refractivity contribution in [1.82, 2.24) is 19.8 Å². The van der Waals surface area contributed by atoms with Crippen LogP contribution in [0.2, 0.25) is 0 Å². The third kappa shape index (κ3) is 3.69. The predicted octanol–water partition coefficient (Wildman–Crippen LogP) is 2.24. The zero-order valence-electron chi connectivity index (χ0n) is 12.7. The van der Waals surface area contributed by atoms with Gasteiger partial charge in [-0.3, -0.25) is 9.69 Å². The molecule has 1 N–H and O–H groups in total. The van der Waals surface area contributed by atoms with Crippen molar-refractivity contribution >= 4 is 17.4 Å². The number of nitrogens with one attached hydrogen (secondary N) is 1. The van der Waals surface area contributed by atoms with Crippen LogP contribution >= 0.6 is 11.5 Å². The van der Waals surface area contributed by atoms with Crippen LogP contribution in [0.25, 0.3) is 0 Å². The third-order valence-electron chi connectivity index (χ3n) is 4.03. The molecule has 1 amide bonds. The largest absolute Gasteiger partial charge is 0.348 e. The Balaban J connectivity index is 1.48. The molecule has 1 aliphatic rings. The number of carbonyl (C=O) groups is 1. The van der Waals surface area contributed by atoms with Crippen LogP contribution in [0.5, 0.6) is 0 Å². The standard InChI is InChI=1S/C16H20N4OS/c1-12-15(22-19-18-12)16(21)17-14-7-9-20(10-8-14)11-13-5-3-2-4-6-13/h2-6,14H,7-11H2,1H3,(H,17,21). The highest BCUT2D eigenvalue weighted by Crippen LogP contribution is 2.15. The lowest BCUT2D eigenvalue weighted by atomic mass is 10.0. The molecule has 6 heteroatoms. The average Bonchev–Trinajstić information content (AvgIpc) is 2.96. The van der Waals surface area contributed by atoms with Gasteiger partial charge in [-0.25, -0.2) is 0 Å². The summed E-state index contributed by atoms with van der Waals surface area (Å²) in [5.41, 5.74) is 2.06. The van der Waals surface area contributed by atoms with Crippen LogP contribution in [0.3, 0.4) is 0 Å². The molecule has 2 heterocycles. The van der Waals surface area contributed by atoms with Crippen molar-refractivity contribution in [1.29, 1.82) is 0 Å². The van der Waals surface area contributed by atoms with Gasteiger partial charge in [-0.05, 0) is 36.9 Å². The maximum Gasteiger partial charge on any atom is 0.265 e. The second-order valence-electron chi connectivity index (χ2n) is 5.70. The zero-order chi connectivity index (χ0) is 15.4. The summed E-state index contributed by atoms with van der Waals surface area (Å²) < 4.78 is 3.82. The molecule has 0 bridgehead atoms. The first kappa shape index (κ1) is 15.1. The van der Waals surface area contributed by atoms with Crippen LogP contribution in [0.15, 0.2) is 30.3 Å². The Morgan fingerprint density at radius 3 is 2.68 bits per heavy atom. The number of hydrogen-bond donors (Lipinski definition) is 1. The Labute approximate surface area is 134 Å². The molecule has 1 aromatic carbocycles. The lowest BCUT2D eigenvalue weighted by Gasteiger charge is -2.32. The molecule has 1 fully saturated rings. The van der Waals surface area contributed by atoms with Gasteiger partial charge in [0.1, 0.15) is 4.88 Å². The first-order valence-electron chi connectivity index (χ1n) is 7.58. The minimum Gasteiger partial charge on any atom is -0.348 e. The number of rotatable bonds is 4. The highest BCUT2D eigenvalue weighted by atomic mass is 32.1. The molecule has 0 radical (unpaired) electrons. The van der Waals surface area contributed by atoms with Gasteiger partial charge >= 0.3 is 0 Å². The number of aromatic nitrogens is 2. The first-order valence-corrected chi connectivity index (χ1v) is 8.36.